The van der Waals surface area contributed by atoms with Crippen LogP contribution in [-0.4, -0.2) is 23.9 Å². The van der Waals surface area contributed by atoms with Crippen molar-refractivity contribution in [1.29, 1.82) is 5.26 Å². The molecular weight excluding hydrogens is 140 g/mol. The van der Waals surface area contributed by atoms with E-state index in [1.54, 1.807) is 4.90 Å². The van der Waals surface area contributed by atoms with Crippen molar-refractivity contribution in [3.8, 4) is 6.07 Å². The molecule has 1 aliphatic heterocycles. The van der Waals surface area contributed by atoms with E-state index in [9.17, 15) is 4.79 Å². The van der Waals surface area contributed by atoms with Gasteiger partial charge in [0.2, 0.25) is 5.91 Å². The minimum Gasteiger partial charge on any atom is -0.338 e. The van der Waals surface area contributed by atoms with E-state index in [0.717, 1.165) is 13.0 Å². The molecule has 0 N–H and O–H groups in total. The van der Waals surface area contributed by atoms with Crippen molar-refractivity contribution in [3.05, 3.63) is 12.2 Å². The normalized spacial score (nSPS) is 16.1. The number of carbonyl (C=O) groups is 1. The summed E-state index contributed by atoms with van der Waals surface area (Å²) in [6.45, 7) is 1.43. The molecule has 3 nitrogen and oxygen atoms in total. The first kappa shape index (κ1) is 7.80. The lowest BCUT2D eigenvalue weighted by Crippen LogP contribution is -2.33. The molecule has 58 valence electrons. The van der Waals surface area contributed by atoms with Crippen molar-refractivity contribution < 1.29 is 4.79 Å². The fourth-order valence-corrected chi connectivity index (χ4v) is 1.05. The van der Waals surface area contributed by atoms with Gasteiger partial charge in [-0.15, -0.1) is 0 Å². The Balaban J connectivity index is 2.42. The van der Waals surface area contributed by atoms with E-state index in [0.29, 0.717) is 6.54 Å². The molecule has 0 aromatic heterocycles. The molecule has 0 saturated heterocycles. The molecule has 1 aliphatic rings. The van der Waals surface area contributed by atoms with Gasteiger partial charge in [-0.3, -0.25) is 4.79 Å². The maximum Gasteiger partial charge on any atom is 0.237 e. The number of amides is 1. The number of carbonyl (C=O) groups excluding carboxylic acids is 1. The topological polar surface area (TPSA) is 44.1 Å². The van der Waals surface area contributed by atoms with Gasteiger partial charge in [-0.2, -0.15) is 5.26 Å². The van der Waals surface area contributed by atoms with Crippen LogP contribution in [0.25, 0.3) is 0 Å². The first-order valence-corrected chi connectivity index (χ1v) is 3.64. The van der Waals surface area contributed by atoms with Crippen molar-refractivity contribution in [2.75, 3.05) is 13.1 Å². The van der Waals surface area contributed by atoms with Crippen LogP contribution in [0.1, 0.15) is 12.8 Å². The Morgan fingerprint density at radius 3 is 3.00 bits per heavy atom. The van der Waals surface area contributed by atoms with E-state index in [2.05, 4.69) is 6.08 Å². The van der Waals surface area contributed by atoms with Crippen molar-refractivity contribution in [2.45, 2.75) is 12.8 Å². The van der Waals surface area contributed by atoms with E-state index in [4.69, 9.17) is 5.26 Å². The maximum atomic E-state index is 11.1. The highest BCUT2D eigenvalue weighted by Crippen LogP contribution is 2.02. The van der Waals surface area contributed by atoms with Crippen molar-refractivity contribution >= 4 is 5.91 Å². The lowest BCUT2D eigenvalue weighted by molar-refractivity contribution is -0.129. The molecule has 11 heavy (non-hydrogen) atoms. The minimum atomic E-state index is -0.0585. The van der Waals surface area contributed by atoms with Gasteiger partial charge in [-0.05, 0) is 6.42 Å². The second kappa shape index (κ2) is 3.77. The summed E-state index contributed by atoms with van der Waals surface area (Å²) in [5.41, 5.74) is 0. The summed E-state index contributed by atoms with van der Waals surface area (Å²) < 4.78 is 0. The second-order valence-corrected chi connectivity index (χ2v) is 2.43. The van der Waals surface area contributed by atoms with Crippen LogP contribution in [0.2, 0.25) is 0 Å². The third-order valence-corrected chi connectivity index (χ3v) is 1.64. The highest BCUT2D eigenvalue weighted by atomic mass is 16.2. The molecule has 0 radical (unpaired) electrons. The molecule has 1 amide bonds. The highest BCUT2D eigenvalue weighted by Gasteiger charge is 2.11. The second-order valence-electron chi connectivity index (χ2n) is 2.43. The average Bonchev–Trinajstić information content (AvgIpc) is 2.07. The predicted octanol–water partition coefficient (Wildman–Crippen LogP) is 0.689. The van der Waals surface area contributed by atoms with Gasteiger partial charge in [0.15, 0.2) is 0 Å². The lowest BCUT2D eigenvalue weighted by atomic mass is 10.2. The molecule has 1 heterocycles. The quantitative estimate of drug-likeness (QED) is 0.516. The van der Waals surface area contributed by atoms with Gasteiger partial charge >= 0.3 is 0 Å². The highest BCUT2D eigenvalue weighted by molar-refractivity contribution is 5.78. The zero-order chi connectivity index (χ0) is 8.10. The van der Waals surface area contributed by atoms with Crippen LogP contribution in [0.15, 0.2) is 12.2 Å². The van der Waals surface area contributed by atoms with E-state index in [1.807, 2.05) is 12.1 Å². The summed E-state index contributed by atoms with van der Waals surface area (Å²) >= 11 is 0. The van der Waals surface area contributed by atoms with Gasteiger partial charge in [-0.25, -0.2) is 0 Å². The summed E-state index contributed by atoms with van der Waals surface area (Å²) in [6.07, 6.45) is 4.93. The molecular formula is C8H10N2O. The van der Waals surface area contributed by atoms with Crippen LogP contribution in [0.4, 0.5) is 0 Å². The van der Waals surface area contributed by atoms with Crippen molar-refractivity contribution in [1.82, 2.24) is 4.90 Å². The Hall–Kier alpha value is -1.30. The van der Waals surface area contributed by atoms with Gasteiger partial charge in [0.25, 0.3) is 0 Å². The summed E-state index contributed by atoms with van der Waals surface area (Å²) in [6, 6.07) is 1.85. The van der Waals surface area contributed by atoms with E-state index in [-0.39, 0.29) is 12.3 Å². The number of nitrogens with zero attached hydrogens (tertiary/aromatic N) is 2. The molecule has 1 rings (SSSR count). The molecule has 0 fully saturated rings. The number of hydrogen-bond acceptors (Lipinski definition) is 2. The first-order valence-electron chi connectivity index (χ1n) is 3.64. The Bertz CT molecular complexity index is 215. The maximum absolute atomic E-state index is 11.1. The Morgan fingerprint density at radius 1 is 1.64 bits per heavy atom. The summed E-state index contributed by atoms with van der Waals surface area (Å²) in [7, 11) is 0. The van der Waals surface area contributed by atoms with Crippen LogP contribution >= 0.6 is 0 Å². The summed E-state index contributed by atoms with van der Waals surface area (Å²) in [5, 5.41) is 8.25. The molecule has 0 spiro atoms. The number of rotatable bonds is 1. The molecule has 0 aliphatic carbocycles. The fourth-order valence-electron chi connectivity index (χ4n) is 1.05. The number of nitriles is 1. The molecule has 0 atom stereocenters. The third kappa shape index (κ3) is 2.08. The van der Waals surface area contributed by atoms with Crippen LogP contribution in [0, 0.1) is 11.3 Å². The Labute approximate surface area is 65.9 Å². The molecule has 0 aromatic carbocycles. The molecule has 3 heteroatoms. The monoisotopic (exact) mass is 150 g/mol. The van der Waals surface area contributed by atoms with Gasteiger partial charge in [0.05, 0.1) is 6.07 Å². The third-order valence-electron chi connectivity index (χ3n) is 1.64. The fraction of sp³-hybridized carbons (Fsp3) is 0.500. The zero-order valence-corrected chi connectivity index (χ0v) is 6.29. The van der Waals surface area contributed by atoms with Crippen LogP contribution in [-0.2, 0) is 4.79 Å². The minimum absolute atomic E-state index is 0.00778. The summed E-state index contributed by atoms with van der Waals surface area (Å²) in [4.78, 5) is 12.8. The predicted molar refractivity (Wildman–Crippen MR) is 40.6 cm³/mol. The zero-order valence-electron chi connectivity index (χ0n) is 6.29. The van der Waals surface area contributed by atoms with E-state index in [1.165, 1.54) is 0 Å². The Morgan fingerprint density at radius 2 is 2.45 bits per heavy atom. The smallest absolute Gasteiger partial charge is 0.237 e. The SMILES string of the molecule is N#CCC(=O)N1CC=CCC1. The van der Waals surface area contributed by atoms with Crippen LogP contribution < -0.4 is 0 Å². The van der Waals surface area contributed by atoms with Gasteiger partial charge < -0.3 is 4.90 Å². The standard InChI is InChI=1S/C8H10N2O/c9-5-4-8(11)10-6-2-1-3-7-10/h1-2H,3-4,6-7H2. The molecule has 0 bridgehead atoms. The largest absolute Gasteiger partial charge is 0.338 e. The molecule has 0 unspecified atom stereocenters. The lowest BCUT2D eigenvalue weighted by Gasteiger charge is -2.21. The number of hydrogen-bond donors (Lipinski definition) is 0. The van der Waals surface area contributed by atoms with Crippen molar-refractivity contribution in [3.63, 3.8) is 0 Å². The first-order chi connectivity index (χ1) is 5.34. The summed E-state index contributed by atoms with van der Waals surface area (Å²) in [5.74, 6) is -0.0585. The van der Waals surface area contributed by atoms with Gasteiger partial charge in [0, 0.05) is 13.1 Å². The van der Waals surface area contributed by atoms with Crippen LogP contribution in [0.3, 0.4) is 0 Å². The van der Waals surface area contributed by atoms with E-state index >= 15 is 0 Å². The van der Waals surface area contributed by atoms with Crippen molar-refractivity contribution in [2.24, 2.45) is 0 Å². The molecule has 0 saturated carbocycles. The van der Waals surface area contributed by atoms with Gasteiger partial charge in [0.1, 0.15) is 6.42 Å². The Kier molecular flexibility index (Phi) is 2.67. The van der Waals surface area contributed by atoms with Crippen LogP contribution in [0.5, 0.6) is 0 Å². The molecule has 0 aromatic rings. The van der Waals surface area contributed by atoms with Gasteiger partial charge in [-0.1, -0.05) is 12.2 Å². The van der Waals surface area contributed by atoms with E-state index < -0.39 is 0 Å². The average molecular weight is 150 g/mol.